The van der Waals surface area contributed by atoms with Crippen LogP contribution in [0.5, 0.6) is 0 Å². The quantitative estimate of drug-likeness (QED) is 0.740. The molecule has 4 N–H and O–H groups in total. The Kier molecular flexibility index (Phi) is 2.93. The molecular weight excluding hydrogens is 238 g/mol. The average molecular weight is 257 g/mol. The molecule has 4 heteroatoms. The predicted octanol–water partition coefficient (Wildman–Crippen LogP) is 2.67. The van der Waals surface area contributed by atoms with Crippen LogP contribution in [0.25, 0.3) is 10.9 Å². The van der Waals surface area contributed by atoms with Gasteiger partial charge in [-0.2, -0.15) is 0 Å². The maximum Gasteiger partial charge on any atom is 0.267 e. The van der Waals surface area contributed by atoms with Crippen molar-refractivity contribution in [3.8, 4) is 0 Å². The van der Waals surface area contributed by atoms with Gasteiger partial charge in [-0.1, -0.05) is 6.42 Å². The molecule has 2 aromatic rings. The molecule has 0 bridgehead atoms. The zero-order chi connectivity index (χ0) is 13.4. The van der Waals surface area contributed by atoms with E-state index in [1.807, 2.05) is 24.3 Å². The van der Waals surface area contributed by atoms with Crippen molar-refractivity contribution in [2.45, 2.75) is 32.2 Å². The summed E-state index contributed by atoms with van der Waals surface area (Å²) < 4.78 is 0. The van der Waals surface area contributed by atoms with Gasteiger partial charge in [-0.05, 0) is 49.9 Å². The second-order valence-corrected chi connectivity index (χ2v) is 5.48. The molecule has 1 aliphatic rings. The summed E-state index contributed by atoms with van der Waals surface area (Å²) in [6.07, 6.45) is 3.74. The zero-order valence-electron chi connectivity index (χ0n) is 11.1. The minimum atomic E-state index is -0.0332. The predicted molar refractivity (Wildman–Crippen MR) is 77.0 cm³/mol. The molecule has 1 atom stereocenters. The number of nitrogens with one attached hydrogen (secondary N) is 2. The molecule has 3 rings (SSSR count). The van der Waals surface area contributed by atoms with Crippen LogP contribution in [-0.4, -0.2) is 16.9 Å². The fourth-order valence-electron chi connectivity index (χ4n) is 2.62. The molecule has 0 radical (unpaired) electrons. The third kappa shape index (κ3) is 2.30. The maximum atomic E-state index is 12.2. The van der Waals surface area contributed by atoms with Crippen LogP contribution >= 0.6 is 0 Å². The molecule has 1 fully saturated rings. The van der Waals surface area contributed by atoms with Crippen LogP contribution in [0.15, 0.2) is 24.3 Å². The van der Waals surface area contributed by atoms with Crippen molar-refractivity contribution in [2.24, 2.45) is 5.92 Å². The number of benzene rings is 1. The molecule has 0 aliphatic heterocycles. The first-order chi connectivity index (χ1) is 9.13. The lowest BCUT2D eigenvalue weighted by Crippen LogP contribution is -2.40. The molecule has 0 saturated heterocycles. The van der Waals surface area contributed by atoms with Gasteiger partial charge >= 0.3 is 0 Å². The smallest absolute Gasteiger partial charge is 0.267 e. The minimum Gasteiger partial charge on any atom is -0.399 e. The van der Waals surface area contributed by atoms with Gasteiger partial charge < -0.3 is 16.0 Å². The summed E-state index contributed by atoms with van der Waals surface area (Å²) in [5.41, 5.74) is 7.99. The Morgan fingerprint density at radius 1 is 1.42 bits per heavy atom. The molecule has 1 aliphatic carbocycles. The van der Waals surface area contributed by atoms with Gasteiger partial charge in [-0.15, -0.1) is 0 Å². The van der Waals surface area contributed by atoms with Crippen LogP contribution in [0.2, 0.25) is 0 Å². The Morgan fingerprint density at radius 3 is 2.89 bits per heavy atom. The first-order valence-electron chi connectivity index (χ1n) is 6.82. The van der Waals surface area contributed by atoms with E-state index in [9.17, 15) is 4.79 Å². The van der Waals surface area contributed by atoms with Crippen molar-refractivity contribution in [1.82, 2.24) is 10.3 Å². The summed E-state index contributed by atoms with van der Waals surface area (Å²) in [6, 6.07) is 7.71. The monoisotopic (exact) mass is 257 g/mol. The normalized spacial score (nSPS) is 17.1. The number of amides is 1. The van der Waals surface area contributed by atoms with Crippen molar-refractivity contribution < 1.29 is 4.79 Å². The van der Waals surface area contributed by atoms with Gasteiger partial charge in [-0.25, -0.2) is 0 Å². The number of nitrogen functional groups attached to an aromatic ring is 1. The number of aromatic amines is 1. The number of anilines is 1. The number of H-pyrrole nitrogens is 1. The van der Waals surface area contributed by atoms with Crippen molar-refractivity contribution in [2.75, 3.05) is 5.73 Å². The summed E-state index contributed by atoms with van der Waals surface area (Å²) in [7, 11) is 0. The highest BCUT2D eigenvalue weighted by atomic mass is 16.1. The van der Waals surface area contributed by atoms with Crippen LogP contribution < -0.4 is 11.1 Å². The van der Waals surface area contributed by atoms with Crippen molar-refractivity contribution in [3.05, 3.63) is 30.0 Å². The number of aromatic nitrogens is 1. The molecule has 1 heterocycles. The lowest BCUT2D eigenvalue weighted by Gasteiger charge is -2.31. The van der Waals surface area contributed by atoms with Gasteiger partial charge in [0.2, 0.25) is 0 Å². The summed E-state index contributed by atoms with van der Waals surface area (Å²) >= 11 is 0. The van der Waals surface area contributed by atoms with E-state index in [0.717, 1.165) is 10.9 Å². The fourth-order valence-corrected chi connectivity index (χ4v) is 2.62. The van der Waals surface area contributed by atoms with E-state index in [1.54, 1.807) is 0 Å². The summed E-state index contributed by atoms with van der Waals surface area (Å²) in [5, 5.41) is 4.05. The van der Waals surface area contributed by atoms with Crippen LogP contribution in [0.3, 0.4) is 0 Å². The molecule has 100 valence electrons. The molecule has 1 saturated carbocycles. The summed E-state index contributed by atoms with van der Waals surface area (Å²) in [5.74, 6) is 0.609. The molecule has 1 unspecified atom stereocenters. The standard InChI is InChI=1S/C15H19N3O/c1-9(10-3-2-4-10)17-15(19)14-8-11-7-12(16)5-6-13(11)18-14/h5-10,18H,2-4,16H2,1H3,(H,17,19). The highest BCUT2D eigenvalue weighted by Crippen LogP contribution is 2.29. The van der Waals surface area contributed by atoms with E-state index in [0.29, 0.717) is 17.3 Å². The van der Waals surface area contributed by atoms with Crippen molar-refractivity contribution >= 4 is 22.5 Å². The summed E-state index contributed by atoms with van der Waals surface area (Å²) in [6.45, 7) is 2.09. The Balaban J connectivity index is 1.77. The van der Waals surface area contributed by atoms with Gasteiger partial charge in [-0.3, -0.25) is 4.79 Å². The fraction of sp³-hybridized carbons (Fsp3) is 0.400. The van der Waals surface area contributed by atoms with Crippen LogP contribution in [0.1, 0.15) is 36.7 Å². The molecule has 0 spiro atoms. The second-order valence-electron chi connectivity index (χ2n) is 5.48. The van der Waals surface area contributed by atoms with E-state index < -0.39 is 0 Å². The van der Waals surface area contributed by atoms with E-state index in [4.69, 9.17) is 5.73 Å². The Bertz CT molecular complexity index is 613. The van der Waals surface area contributed by atoms with E-state index in [2.05, 4.69) is 17.2 Å². The van der Waals surface area contributed by atoms with Gasteiger partial charge in [0, 0.05) is 22.6 Å². The number of fused-ring (bicyclic) bond motifs is 1. The lowest BCUT2D eigenvalue weighted by molar-refractivity contribution is 0.0905. The molecule has 1 aromatic carbocycles. The second kappa shape index (κ2) is 4.61. The molecular formula is C15H19N3O. The third-order valence-corrected chi connectivity index (χ3v) is 4.11. The topological polar surface area (TPSA) is 70.9 Å². The van der Waals surface area contributed by atoms with E-state index in [-0.39, 0.29) is 11.9 Å². The molecule has 19 heavy (non-hydrogen) atoms. The number of hydrogen-bond acceptors (Lipinski definition) is 2. The number of nitrogens with two attached hydrogens (primary N) is 1. The Labute approximate surface area is 112 Å². The number of rotatable bonds is 3. The number of carbonyl (C=O) groups excluding carboxylic acids is 1. The summed E-state index contributed by atoms with van der Waals surface area (Å²) in [4.78, 5) is 15.3. The van der Waals surface area contributed by atoms with Crippen LogP contribution in [0.4, 0.5) is 5.69 Å². The first kappa shape index (κ1) is 12.1. The molecule has 1 amide bonds. The SMILES string of the molecule is CC(NC(=O)c1cc2cc(N)ccc2[nH]1)C1CCC1. The van der Waals surface area contributed by atoms with Crippen molar-refractivity contribution in [3.63, 3.8) is 0 Å². The van der Waals surface area contributed by atoms with Crippen LogP contribution in [-0.2, 0) is 0 Å². The van der Waals surface area contributed by atoms with Gasteiger partial charge in [0.1, 0.15) is 5.69 Å². The molecule has 1 aromatic heterocycles. The first-order valence-corrected chi connectivity index (χ1v) is 6.82. The van der Waals surface area contributed by atoms with E-state index >= 15 is 0 Å². The van der Waals surface area contributed by atoms with Gasteiger partial charge in [0.15, 0.2) is 0 Å². The zero-order valence-corrected chi connectivity index (χ0v) is 11.1. The highest BCUT2D eigenvalue weighted by molar-refractivity contribution is 5.98. The molecule has 4 nitrogen and oxygen atoms in total. The number of carbonyl (C=O) groups is 1. The van der Waals surface area contributed by atoms with Gasteiger partial charge in [0.25, 0.3) is 5.91 Å². The number of hydrogen-bond donors (Lipinski definition) is 3. The Morgan fingerprint density at radius 2 is 2.21 bits per heavy atom. The van der Waals surface area contributed by atoms with Crippen LogP contribution in [0, 0.1) is 5.92 Å². The Hall–Kier alpha value is -1.97. The van der Waals surface area contributed by atoms with E-state index in [1.165, 1.54) is 19.3 Å². The van der Waals surface area contributed by atoms with Gasteiger partial charge in [0.05, 0.1) is 0 Å². The lowest BCUT2D eigenvalue weighted by atomic mass is 9.80. The minimum absolute atomic E-state index is 0.0332. The largest absolute Gasteiger partial charge is 0.399 e. The van der Waals surface area contributed by atoms with Crippen molar-refractivity contribution in [1.29, 1.82) is 0 Å². The third-order valence-electron chi connectivity index (χ3n) is 4.11. The highest BCUT2D eigenvalue weighted by Gasteiger charge is 2.25. The maximum absolute atomic E-state index is 12.2. The average Bonchev–Trinajstić information content (AvgIpc) is 2.69.